The van der Waals surface area contributed by atoms with Gasteiger partial charge in [0.2, 0.25) is 10.0 Å². The van der Waals surface area contributed by atoms with Gasteiger partial charge >= 0.3 is 0 Å². The molecule has 3 atom stereocenters. The van der Waals surface area contributed by atoms with E-state index in [1.165, 1.54) is 12.1 Å². The number of rotatable bonds is 7. The number of hydrogen-bond acceptors (Lipinski definition) is 6. The number of anilines is 2. The van der Waals surface area contributed by atoms with Gasteiger partial charge in [0.05, 0.1) is 28.3 Å². The summed E-state index contributed by atoms with van der Waals surface area (Å²) in [7, 11) is -0.157. The van der Waals surface area contributed by atoms with Gasteiger partial charge in [-0.3, -0.25) is 4.79 Å². The summed E-state index contributed by atoms with van der Waals surface area (Å²) in [5, 5.41) is 0.0912. The van der Waals surface area contributed by atoms with Gasteiger partial charge in [-0.1, -0.05) is 29.8 Å². The first-order valence-corrected chi connectivity index (χ1v) is 16.0. The largest absolute Gasteiger partial charge is 0.495 e. The highest BCUT2D eigenvalue weighted by molar-refractivity contribution is 7.89. The monoisotopic (exact) mass is 612 g/mol. The van der Waals surface area contributed by atoms with E-state index in [0.717, 1.165) is 36.7 Å². The van der Waals surface area contributed by atoms with Crippen molar-refractivity contribution in [2.45, 2.75) is 42.3 Å². The van der Waals surface area contributed by atoms with E-state index in [2.05, 4.69) is 9.80 Å². The molecule has 2 bridgehead atoms. The molecule has 222 valence electrons. The van der Waals surface area contributed by atoms with Crippen LogP contribution in [0, 0.1) is 5.82 Å². The van der Waals surface area contributed by atoms with Crippen LogP contribution in [0.5, 0.6) is 5.75 Å². The number of hydrogen-bond donors (Lipinski definition) is 0. The lowest BCUT2D eigenvalue weighted by molar-refractivity contribution is 0.0718. The van der Waals surface area contributed by atoms with Crippen molar-refractivity contribution in [3.63, 3.8) is 0 Å². The molecule has 0 radical (unpaired) electrons. The van der Waals surface area contributed by atoms with Crippen molar-refractivity contribution >= 4 is 38.9 Å². The van der Waals surface area contributed by atoms with Crippen molar-refractivity contribution in [1.82, 2.24) is 9.21 Å². The third-order valence-electron chi connectivity index (χ3n) is 8.83. The molecule has 3 aliphatic rings. The van der Waals surface area contributed by atoms with Crippen LogP contribution in [0.1, 0.15) is 29.6 Å². The highest BCUT2D eigenvalue weighted by Crippen LogP contribution is 2.42. The number of likely N-dealkylation sites (tertiary alicyclic amines) is 1. The van der Waals surface area contributed by atoms with E-state index in [1.54, 1.807) is 34.5 Å². The average Bonchev–Trinajstić information content (AvgIpc) is 3.59. The molecular formula is C31H34ClFN4O4S. The Balaban J connectivity index is 1.22. The molecule has 3 unspecified atom stereocenters. The van der Waals surface area contributed by atoms with Crippen LogP contribution in [0.25, 0.3) is 0 Å². The molecule has 0 aliphatic carbocycles. The van der Waals surface area contributed by atoms with Crippen LogP contribution in [0.3, 0.4) is 0 Å². The van der Waals surface area contributed by atoms with Gasteiger partial charge in [0.1, 0.15) is 11.6 Å². The summed E-state index contributed by atoms with van der Waals surface area (Å²) in [6.45, 7) is 1.75. The molecule has 3 aromatic carbocycles. The molecule has 42 heavy (non-hydrogen) atoms. The van der Waals surface area contributed by atoms with Crippen LogP contribution in [0.15, 0.2) is 71.6 Å². The number of likely N-dealkylation sites (N-methyl/N-ethyl adjacent to an activating group) is 1. The Kier molecular flexibility index (Phi) is 7.80. The quantitative estimate of drug-likeness (QED) is 0.379. The zero-order valence-corrected chi connectivity index (χ0v) is 25.2. The molecule has 0 saturated carbocycles. The number of carbonyl (C=O) groups is 1. The fourth-order valence-corrected chi connectivity index (χ4v) is 8.36. The number of amides is 1. The Morgan fingerprint density at radius 2 is 1.69 bits per heavy atom. The van der Waals surface area contributed by atoms with E-state index in [9.17, 15) is 17.6 Å². The van der Waals surface area contributed by atoms with Crippen molar-refractivity contribution < 1.29 is 22.3 Å². The average molecular weight is 613 g/mol. The Labute approximate surface area is 251 Å². The van der Waals surface area contributed by atoms with Crippen molar-refractivity contribution in [3.8, 4) is 5.75 Å². The van der Waals surface area contributed by atoms with Gasteiger partial charge in [-0.2, -0.15) is 4.31 Å². The number of para-hydroxylation sites is 1. The van der Waals surface area contributed by atoms with Gasteiger partial charge in [0, 0.05) is 57.0 Å². The summed E-state index contributed by atoms with van der Waals surface area (Å²) in [6.07, 6.45) is 2.45. The molecule has 6 rings (SSSR count). The van der Waals surface area contributed by atoms with Crippen molar-refractivity contribution in [2.24, 2.45) is 0 Å². The van der Waals surface area contributed by atoms with E-state index in [4.69, 9.17) is 16.3 Å². The number of benzene rings is 3. The minimum Gasteiger partial charge on any atom is -0.495 e. The van der Waals surface area contributed by atoms with Crippen molar-refractivity contribution in [2.75, 3.05) is 50.1 Å². The second-order valence-corrected chi connectivity index (χ2v) is 13.6. The number of piperazine rings is 1. The Morgan fingerprint density at radius 1 is 0.976 bits per heavy atom. The first-order chi connectivity index (χ1) is 20.2. The number of sulfonamides is 1. The van der Waals surface area contributed by atoms with Gasteiger partial charge in [0.25, 0.3) is 5.91 Å². The van der Waals surface area contributed by atoms with E-state index in [1.807, 2.05) is 37.4 Å². The third-order valence-corrected chi connectivity index (χ3v) is 11.0. The summed E-state index contributed by atoms with van der Waals surface area (Å²) in [6, 6.07) is 18.9. The molecule has 0 aromatic heterocycles. The van der Waals surface area contributed by atoms with E-state index >= 15 is 0 Å². The smallest absolute Gasteiger partial charge is 0.255 e. The molecule has 3 heterocycles. The minimum atomic E-state index is -3.74. The Bertz CT molecular complexity index is 1580. The van der Waals surface area contributed by atoms with Gasteiger partial charge < -0.3 is 19.4 Å². The number of halogens is 2. The number of ether oxygens (including phenoxy) is 1. The normalized spacial score (nSPS) is 22.4. The van der Waals surface area contributed by atoms with Gasteiger partial charge in [-0.25, -0.2) is 12.8 Å². The van der Waals surface area contributed by atoms with Crippen LogP contribution in [0.2, 0.25) is 5.02 Å². The maximum absolute atomic E-state index is 13.9. The zero-order valence-electron chi connectivity index (χ0n) is 23.6. The first kappa shape index (κ1) is 28.8. The standard InChI is InChI=1S/C31H34ClFN4O4S/c1-34(22-6-4-3-5-7-22)23-14-15-36(20-23)42(39,40)26-11-13-30(41-2)29(17-26)37-24-9-10-25(37)19-35(18-24)31(38)27-12-8-21(33)16-28(27)32/h3-8,11-13,16-17,23-25H,9-10,14-15,18-20H2,1-2H3. The van der Waals surface area contributed by atoms with Gasteiger partial charge in [0.15, 0.2) is 0 Å². The molecule has 1 amide bonds. The first-order valence-electron chi connectivity index (χ1n) is 14.2. The number of methoxy groups -OCH3 is 1. The molecule has 11 heteroatoms. The molecule has 3 aliphatic heterocycles. The lowest BCUT2D eigenvalue weighted by Gasteiger charge is -2.43. The molecule has 0 N–H and O–H groups in total. The predicted octanol–water partition coefficient (Wildman–Crippen LogP) is 4.88. The van der Waals surface area contributed by atoms with Crippen LogP contribution in [0.4, 0.5) is 15.8 Å². The topological polar surface area (TPSA) is 73.4 Å². The highest BCUT2D eigenvalue weighted by atomic mass is 35.5. The number of fused-ring (bicyclic) bond motifs is 2. The van der Waals surface area contributed by atoms with E-state index in [-0.39, 0.29) is 39.5 Å². The lowest BCUT2D eigenvalue weighted by atomic mass is 10.1. The van der Waals surface area contributed by atoms with E-state index < -0.39 is 15.8 Å². The van der Waals surface area contributed by atoms with E-state index in [0.29, 0.717) is 31.9 Å². The fraction of sp³-hybridized carbons (Fsp3) is 0.387. The Hall–Kier alpha value is -3.34. The van der Waals surface area contributed by atoms with Crippen LogP contribution >= 0.6 is 11.6 Å². The highest BCUT2D eigenvalue weighted by Gasteiger charge is 2.43. The van der Waals surface area contributed by atoms with Crippen LogP contribution in [-0.2, 0) is 10.0 Å². The maximum atomic E-state index is 13.9. The molecule has 3 saturated heterocycles. The van der Waals surface area contributed by atoms with Gasteiger partial charge in [-0.05, 0) is 67.8 Å². The minimum absolute atomic E-state index is 0.0190. The second-order valence-electron chi connectivity index (χ2n) is 11.2. The molecule has 3 fully saturated rings. The molecule has 0 spiro atoms. The summed E-state index contributed by atoms with van der Waals surface area (Å²) >= 11 is 6.19. The van der Waals surface area contributed by atoms with Crippen LogP contribution in [-0.4, -0.2) is 82.0 Å². The summed E-state index contributed by atoms with van der Waals surface area (Å²) in [5.74, 6) is -0.129. The Morgan fingerprint density at radius 3 is 2.36 bits per heavy atom. The summed E-state index contributed by atoms with van der Waals surface area (Å²) in [4.78, 5) is 19.7. The maximum Gasteiger partial charge on any atom is 0.255 e. The predicted molar refractivity (Wildman–Crippen MR) is 162 cm³/mol. The molecule has 3 aromatic rings. The third kappa shape index (κ3) is 5.20. The number of nitrogens with zero attached hydrogens (tertiary/aromatic N) is 4. The number of carbonyl (C=O) groups excluding carboxylic acids is 1. The SMILES string of the molecule is COc1ccc(S(=O)(=O)N2CCC(N(C)c3ccccc3)C2)cc1N1C2CCC1CN(C(=O)c1ccc(F)cc1Cl)C2. The van der Waals surface area contributed by atoms with Gasteiger partial charge in [-0.15, -0.1) is 0 Å². The molecular weight excluding hydrogens is 579 g/mol. The van der Waals surface area contributed by atoms with Crippen molar-refractivity contribution in [1.29, 1.82) is 0 Å². The lowest BCUT2D eigenvalue weighted by Crippen LogP contribution is -2.55. The fourth-order valence-electron chi connectivity index (χ4n) is 6.60. The molecule has 8 nitrogen and oxygen atoms in total. The summed E-state index contributed by atoms with van der Waals surface area (Å²) in [5.41, 5.74) is 2.05. The van der Waals surface area contributed by atoms with Crippen LogP contribution < -0.4 is 14.5 Å². The summed E-state index contributed by atoms with van der Waals surface area (Å²) < 4.78 is 48.6. The zero-order chi connectivity index (χ0) is 29.6. The second kappa shape index (κ2) is 11.4. The van der Waals surface area contributed by atoms with Crippen molar-refractivity contribution in [3.05, 3.63) is 83.1 Å².